The molecule has 0 saturated carbocycles. The third-order valence-electron chi connectivity index (χ3n) is 3.17. The number of fused-ring (bicyclic) bond motifs is 1. The van der Waals surface area contributed by atoms with Crippen molar-refractivity contribution in [2.45, 2.75) is 26.2 Å². The van der Waals surface area contributed by atoms with Crippen LogP contribution in [0.5, 0.6) is 11.5 Å². The van der Waals surface area contributed by atoms with Gasteiger partial charge in [0.1, 0.15) is 5.56 Å². The first-order chi connectivity index (χ1) is 8.71. The quantitative estimate of drug-likeness (QED) is 0.688. The molecule has 0 saturated heterocycles. The number of aromatic carboxylic acids is 1. The lowest BCUT2D eigenvalue weighted by molar-refractivity contribution is 0.0695. The highest BCUT2D eigenvalue weighted by molar-refractivity contribution is 6.07. The Balaban J connectivity index is 2.87. The second-order valence-electron chi connectivity index (χ2n) is 5.61. The van der Waals surface area contributed by atoms with Crippen LogP contribution < -0.4 is 0 Å². The fourth-order valence-corrected chi connectivity index (χ4v) is 2.05. The maximum Gasteiger partial charge on any atom is 0.340 e. The van der Waals surface area contributed by atoms with Gasteiger partial charge in [-0.2, -0.15) is 0 Å². The number of hydrogen-bond donors (Lipinski definition) is 3. The van der Waals surface area contributed by atoms with E-state index in [2.05, 4.69) is 0 Å². The fourth-order valence-electron chi connectivity index (χ4n) is 2.05. The van der Waals surface area contributed by atoms with Crippen molar-refractivity contribution >= 4 is 16.7 Å². The Morgan fingerprint density at radius 1 is 1.11 bits per heavy atom. The molecule has 0 aliphatic carbocycles. The van der Waals surface area contributed by atoms with Crippen molar-refractivity contribution in [3.05, 3.63) is 35.4 Å². The molecule has 19 heavy (non-hydrogen) atoms. The van der Waals surface area contributed by atoms with E-state index >= 15 is 0 Å². The number of carboxylic acids is 1. The molecule has 100 valence electrons. The first kappa shape index (κ1) is 13.2. The van der Waals surface area contributed by atoms with Gasteiger partial charge in [0.25, 0.3) is 0 Å². The van der Waals surface area contributed by atoms with Crippen LogP contribution in [0.1, 0.15) is 36.7 Å². The molecule has 0 aliphatic heterocycles. The van der Waals surface area contributed by atoms with E-state index in [1.54, 1.807) is 12.1 Å². The molecule has 4 nitrogen and oxygen atoms in total. The number of rotatable bonds is 1. The Labute approximate surface area is 110 Å². The van der Waals surface area contributed by atoms with E-state index in [0.29, 0.717) is 10.8 Å². The summed E-state index contributed by atoms with van der Waals surface area (Å²) in [7, 11) is 0. The van der Waals surface area contributed by atoms with E-state index in [0.717, 1.165) is 5.56 Å². The third kappa shape index (κ3) is 2.21. The third-order valence-corrected chi connectivity index (χ3v) is 3.17. The minimum Gasteiger partial charge on any atom is -0.504 e. The molecule has 0 radical (unpaired) electrons. The lowest BCUT2D eigenvalue weighted by atomic mass is 9.85. The topological polar surface area (TPSA) is 77.8 Å². The second-order valence-corrected chi connectivity index (χ2v) is 5.61. The summed E-state index contributed by atoms with van der Waals surface area (Å²) >= 11 is 0. The van der Waals surface area contributed by atoms with Crippen molar-refractivity contribution in [1.82, 2.24) is 0 Å². The number of phenols is 2. The van der Waals surface area contributed by atoms with Crippen LogP contribution in [0.4, 0.5) is 0 Å². The number of hydrogen-bond acceptors (Lipinski definition) is 3. The number of carbonyl (C=O) groups is 1. The van der Waals surface area contributed by atoms with Crippen molar-refractivity contribution in [2.75, 3.05) is 0 Å². The van der Waals surface area contributed by atoms with Gasteiger partial charge in [-0.3, -0.25) is 0 Å². The maximum atomic E-state index is 11.3. The van der Waals surface area contributed by atoms with Crippen molar-refractivity contribution in [1.29, 1.82) is 0 Å². The monoisotopic (exact) mass is 260 g/mol. The summed E-state index contributed by atoms with van der Waals surface area (Å²) in [6.45, 7) is 6.07. The van der Waals surface area contributed by atoms with Crippen LogP contribution in [0.3, 0.4) is 0 Å². The molecule has 0 amide bonds. The van der Waals surface area contributed by atoms with Gasteiger partial charge >= 0.3 is 5.97 Å². The average molecular weight is 260 g/mol. The number of carboxylic acid groups (broad SMARTS) is 1. The van der Waals surface area contributed by atoms with Crippen molar-refractivity contribution in [3.8, 4) is 11.5 Å². The minimum atomic E-state index is -1.26. The molecule has 2 aromatic rings. The van der Waals surface area contributed by atoms with Crippen molar-refractivity contribution in [2.24, 2.45) is 0 Å². The fraction of sp³-hybridized carbons (Fsp3) is 0.267. The standard InChI is InChI=1S/C15H16O4/c1-15(2,3)9-5-4-8-6-11(16)13(17)12(14(18)19)10(8)7-9/h4-7,16-17H,1-3H3,(H,18,19). The molecule has 0 heterocycles. The van der Waals surface area contributed by atoms with Crippen LogP contribution in [0.15, 0.2) is 24.3 Å². The van der Waals surface area contributed by atoms with E-state index in [9.17, 15) is 20.1 Å². The maximum absolute atomic E-state index is 11.3. The smallest absolute Gasteiger partial charge is 0.340 e. The van der Waals surface area contributed by atoms with E-state index in [1.165, 1.54) is 6.07 Å². The zero-order chi connectivity index (χ0) is 14.4. The molecule has 2 aromatic carbocycles. The van der Waals surface area contributed by atoms with Gasteiger partial charge in [-0.15, -0.1) is 0 Å². The molecule has 3 N–H and O–H groups in total. The predicted molar refractivity (Wildman–Crippen MR) is 72.9 cm³/mol. The summed E-state index contributed by atoms with van der Waals surface area (Å²) in [4.78, 5) is 11.3. The van der Waals surface area contributed by atoms with Crippen LogP contribution in [0.2, 0.25) is 0 Å². The molecule has 0 spiro atoms. The number of benzene rings is 2. The zero-order valence-electron chi connectivity index (χ0n) is 11.1. The van der Waals surface area contributed by atoms with E-state index < -0.39 is 17.5 Å². The summed E-state index contributed by atoms with van der Waals surface area (Å²) in [5.74, 6) is -2.27. The van der Waals surface area contributed by atoms with E-state index in [4.69, 9.17) is 0 Å². The Kier molecular flexibility index (Phi) is 2.89. The SMILES string of the molecule is CC(C)(C)c1ccc2cc(O)c(O)c(C(=O)O)c2c1. The first-order valence-electron chi connectivity index (χ1n) is 5.94. The lowest BCUT2D eigenvalue weighted by Gasteiger charge is -2.20. The van der Waals surface area contributed by atoms with Gasteiger partial charge in [-0.1, -0.05) is 32.9 Å². The Morgan fingerprint density at radius 2 is 1.74 bits per heavy atom. The molecule has 0 aromatic heterocycles. The molecule has 0 aliphatic rings. The van der Waals surface area contributed by atoms with Gasteiger partial charge < -0.3 is 15.3 Å². The molecule has 0 unspecified atom stereocenters. The molecule has 0 bridgehead atoms. The number of aromatic hydroxyl groups is 2. The number of phenolic OH excluding ortho intramolecular Hbond substituents is 1. The second kappa shape index (κ2) is 4.16. The Bertz CT molecular complexity index is 666. The predicted octanol–water partition coefficient (Wildman–Crippen LogP) is 3.25. The van der Waals surface area contributed by atoms with Gasteiger partial charge in [-0.05, 0) is 28.5 Å². The highest BCUT2D eigenvalue weighted by Gasteiger charge is 2.21. The van der Waals surface area contributed by atoms with Gasteiger partial charge in [0.05, 0.1) is 0 Å². The minimum absolute atomic E-state index is 0.128. The summed E-state index contributed by atoms with van der Waals surface area (Å²) in [5, 5.41) is 29.5. The normalized spacial score (nSPS) is 11.7. The van der Waals surface area contributed by atoms with Crippen LogP contribution >= 0.6 is 0 Å². The summed E-state index contributed by atoms with van der Waals surface area (Å²) in [5.41, 5.74) is 0.575. The summed E-state index contributed by atoms with van der Waals surface area (Å²) < 4.78 is 0. The largest absolute Gasteiger partial charge is 0.504 e. The van der Waals surface area contributed by atoms with Crippen LogP contribution in [0, 0.1) is 0 Å². The molecule has 0 fully saturated rings. The van der Waals surface area contributed by atoms with Gasteiger partial charge in [0.2, 0.25) is 0 Å². The van der Waals surface area contributed by atoms with Crippen molar-refractivity contribution in [3.63, 3.8) is 0 Å². The van der Waals surface area contributed by atoms with Crippen LogP contribution in [-0.4, -0.2) is 21.3 Å². The Morgan fingerprint density at radius 3 is 2.26 bits per heavy atom. The molecule has 2 rings (SSSR count). The van der Waals surface area contributed by atoms with E-state index in [-0.39, 0.29) is 11.0 Å². The zero-order valence-corrected chi connectivity index (χ0v) is 11.1. The van der Waals surface area contributed by atoms with Gasteiger partial charge in [-0.25, -0.2) is 4.79 Å². The lowest BCUT2D eigenvalue weighted by Crippen LogP contribution is -2.11. The highest BCUT2D eigenvalue weighted by atomic mass is 16.4. The summed E-state index contributed by atoms with van der Waals surface area (Å²) in [6, 6.07) is 6.76. The Hall–Kier alpha value is -2.23. The van der Waals surface area contributed by atoms with E-state index in [1.807, 2.05) is 26.8 Å². The summed E-state index contributed by atoms with van der Waals surface area (Å²) in [6.07, 6.45) is 0. The molecular formula is C15H16O4. The molecular weight excluding hydrogens is 244 g/mol. The van der Waals surface area contributed by atoms with Gasteiger partial charge in [0.15, 0.2) is 11.5 Å². The average Bonchev–Trinajstić information content (AvgIpc) is 2.28. The first-order valence-corrected chi connectivity index (χ1v) is 5.94. The van der Waals surface area contributed by atoms with Gasteiger partial charge in [0, 0.05) is 5.39 Å². The molecule has 4 heteroatoms. The highest BCUT2D eigenvalue weighted by Crippen LogP contribution is 2.37. The molecule has 0 atom stereocenters. The van der Waals surface area contributed by atoms with Crippen LogP contribution in [-0.2, 0) is 5.41 Å². The van der Waals surface area contributed by atoms with Crippen molar-refractivity contribution < 1.29 is 20.1 Å². The van der Waals surface area contributed by atoms with Crippen LogP contribution in [0.25, 0.3) is 10.8 Å².